The molecule has 6 nitrogen and oxygen atoms in total. The first-order valence-corrected chi connectivity index (χ1v) is 7.40. The number of furan rings is 1. The molecule has 6 heteroatoms. The Bertz CT molecular complexity index is 532. The fraction of sp³-hybridized carbons (Fsp3) is 0.533. The van der Waals surface area contributed by atoms with Crippen LogP contribution >= 0.6 is 0 Å². The van der Waals surface area contributed by atoms with Gasteiger partial charge in [-0.3, -0.25) is 10.00 Å². The molecule has 21 heavy (non-hydrogen) atoms. The Morgan fingerprint density at radius 3 is 2.86 bits per heavy atom. The zero-order valence-corrected chi connectivity index (χ0v) is 12.3. The molecular formula is C15H22N4O2. The van der Waals surface area contributed by atoms with Gasteiger partial charge in [0.1, 0.15) is 11.5 Å². The normalized spacial score (nSPS) is 18.0. The lowest BCUT2D eigenvalue weighted by Crippen LogP contribution is -2.42. The Morgan fingerprint density at radius 1 is 1.33 bits per heavy atom. The number of aromatic amines is 1. The maximum atomic E-state index is 5.84. The van der Waals surface area contributed by atoms with Gasteiger partial charge in [0.2, 0.25) is 0 Å². The lowest BCUT2D eigenvalue weighted by molar-refractivity contribution is 0.0115. The van der Waals surface area contributed by atoms with Crippen molar-refractivity contribution >= 4 is 0 Å². The van der Waals surface area contributed by atoms with Gasteiger partial charge < -0.3 is 14.5 Å². The topological polar surface area (TPSA) is 66.3 Å². The first-order chi connectivity index (χ1) is 10.3. The molecule has 1 fully saturated rings. The van der Waals surface area contributed by atoms with Crippen molar-refractivity contribution in [1.82, 2.24) is 20.4 Å². The summed E-state index contributed by atoms with van der Waals surface area (Å²) in [5.41, 5.74) is 1.09. The summed E-state index contributed by atoms with van der Waals surface area (Å²) in [4.78, 5) is 2.42. The van der Waals surface area contributed by atoms with E-state index >= 15 is 0 Å². The number of morpholine rings is 1. The van der Waals surface area contributed by atoms with Crippen LogP contribution < -0.4 is 5.32 Å². The summed E-state index contributed by atoms with van der Waals surface area (Å²) in [7, 11) is 0. The third-order valence-corrected chi connectivity index (χ3v) is 3.79. The zero-order chi connectivity index (χ0) is 14.5. The van der Waals surface area contributed by atoms with Crippen molar-refractivity contribution in [2.75, 3.05) is 32.8 Å². The molecule has 0 radical (unpaired) electrons. The number of rotatable bonds is 6. The van der Waals surface area contributed by atoms with Crippen LogP contribution in [0.1, 0.15) is 23.3 Å². The van der Waals surface area contributed by atoms with E-state index in [1.165, 1.54) is 0 Å². The van der Waals surface area contributed by atoms with Crippen LogP contribution in [-0.2, 0) is 11.3 Å². The Kier molecular flexibility index (Phi) is 4.69. The molecule has 3 rings (SSSR count). The smallest absolute Gasteiger partial charge is 0.122 e. The minimum Gasteiger partial charge on any atom is -0.465 e. The summed E-state index contributed by atoms with van der Waals surface area (Å²) in [5, 5.41) is 10.4. The van der Waals surface area contributed by atoms with Crippen molar-refractivity contribution in [3.63, 3.8) is 0 Å². The van der Waals surface area contributed by atoms with Gasteiger partial charge in [-0.1, -0.05) is 0 Å². The number of aromatic nitrogens is 2. The van der Waals surface area contributed by atoms with E-state index in [4.69, 9.17) is 9.15 Å². The first-order valence-electron chi connectivity index (χ1n) is 7.40. The molecule has 1 unspecified atom stereocenters. The lowest BCUT2D eigenvalue weighted by Gasteiger charge is -2.33. The van der Waals surface area contributed by atoms with Crippen LogP contribution in [0.25, 0.3) is 0 Å². The molecule has 0 saturated carbocycles. The predicted octanol–water partition coefficient (Wildman–Crippen LogP) is 1.47. The van der Waals surface area contributed by atoms with Crippen molar-refractivity contribution in [2.45, 2.75) is 19.5 Å². The summed E-state index contributed by atoms with van der Waals surface area (Å²) >= 11 is 0. The number of H-pyrrole nitrogens is 1. The molecule has 0 spiro atoms. The highest BCUT2D eigenvalue weighted by atomic mass is 16.5. The molecule has 1 aliphatic heterocycles. The molecule has 1 saturated heterocycles. The summed E-state index contributed by atoms with van der Waals surface area (Å²) in [6.45, 7) is 7.06. The Labute approximate surface area is 124 Å². The van der Waals surface area contributed by atoms with Crippen LogP contribution in [0.3, 0.4) is 0 Å². The number of ether oxygens (including phenoxy) is 1. The van der Waals surface area contributed by atoms with E-state index in [1.54, 1.807) is 6.20 Å². The van der Waals surface area contributed by atoms with Gasteiger partial charge in [0.15, 0.2) is 0 Å². The lowest BCUT2D eigenvalue weighted by atomic mass is 10.1. The van der Waals surface area contributed by atoms with Crippen LogP contribution in [0.15, 0.2) is 28.8 Å². The first kappa shape index (κ1) is 14.3. The van der Waals surface area contributed by atoms with Crippen molar-refractivity contribution < 1.29 is 9.15 Å². The third-order valence-electron chi connectivity index (χ3n) is 3.79. The monoisotopic (exact) mass is 290 g/mol. The molecule has 114 valence electrons. The Hall–Kier alpha value is -1.63. The van der Waals surface area contributed by atoms with Gasteiger partial charge in [-0.15, -0.1) is 0 Å². The van der Waals surface area contributed by atoms with Gasteiger partial charge in [0.25, 0.3) is 0 Å². The second-order valence-corrected chi connectivity index (χ2v) is 5.33. The minimum absolute atomic E-state index is 0.241. The second-order valence-electron chi connectivity index (χ2n) is 5.33. The van der Waals surface area contributed by atoms with Crippen molar-refractivity contribution in [2.24, 2.45) is 0 Å². The van der Waals surface area contributed by atoms with E-state index in [9.17, 15) is 0 Å². The molecule has 0 bridgehead atoms. The molecule has 0 aliphatic carbocycles. The van der Waals surface area contributed by atoms with Gasteiger partial charge in [-0.05, 0) is 25.1 Å². The quantitative estimate of drug-likeness (QED) is 0.843. The van der Waals surface area contributed by atoms with E-state index in [2.05, 4.69) is 26.5 Å². The summed E-state index contributed by atoms with van der Waals surface area (Å²) in [6.07, 6.45) is 1.77. The van der Waals surface area contributed by atoms with E-state index in [0.717, 1.165) is 56.6 Å². The highest BCUT2D eigenvalue weighted by Crippen LogP contribution is 2.23. The van der Waals surface area contributed by atoms with E-state index in [0.29, 0.717) is 0 Å². The van der Waals surface area contributed by atoms with Crippen molar-refractivity contribution in [3.05, 3.63) is 41.6 Å². The molecule has 3 heterocycles. The highest BCUT2D eigenvalue weighted by Gasteiger charge is 2.24. The molecule has 0 amide bonds. The fourth-order valence-electron chi connectivity index (χ4n) is 2.66. The van der Waals surface area contributed by atoms with E-state index < -0.39 is 0 Å². The highest BCUT2D eigenvalue weighted by molar-refractivity contribution is 5.11. The van der Waals surface area contributed by atoms with Gasteiger partial charge in [-0.25, -0.2) is 0 Å². The van der Waals surface area contributed by atoms with Gasteiger partial charge in [-0.2, -0.15) is 5.10 Å². The number of aryl methyl sites for hydroxylation is 1. The summed E-state index contributed by atoms with van der Waals surface area (Å²) < 4.78 is 11.3. The Balaban J connectivity index is 1.63. The molecule has 2 aromatic heterocycles. The number of hydrogen-bond donors (Lipinski definition) is 2. The van der Waals surface area contributed by atoms with Gasteiger partial charge in [0.05, 0.1) is 19.3 Å². The predicted molar refractivity (Wildman–Crippen MR) is 78.9 cm³/mol. The number of nitrogens with one attached hydrogen (secondary N) is 2. The molecule has 1 atom stereocenters. The molecule has 1 aliphatic rings. The van der Waals surface area contributed by atoms with Crippen LogP contribution in [0.4, 0.5) is 0 Å². The molecule has 2 aromatic rings. The standard InChI is InChI=1S/C15H22N4O2/c1-12-2-3-15(21-12)14(19-6-8-20-9-7-19)11-16-10-13-4-5-17-18-13/h2-5,14,16H,6-11H2,1H3,(H,17,18). The summed E-state index contributed by atoms with van der Waals surface area (Å²) in [6, 6.07) is 6.32. The Morgan fingerprint density at radius 2 is 2.19 bits per heavy atom. The maximum absolute atomic E-state index is 5.84. The number of hydrogen-bond acceptors (Lipinski definition) is 5. The zero-order valence-electron chi connectivity index (χ0n) is 12.3. The van der Waals surface area contributed by atoms with Crippen LogP contribution in [-0.4, -0.2) is 47.9 Å². The third kappa shape index (κ3) is 3.72. The van der Waals surface area contributed by atoms with E-state index in [-0.39, 0.29) is 6.04 Å². The fourth-order valence-corrected chi connectivity index (χ4v) is 2.66. The SMILES string of the molecule is Cc1ccc(C(CNCc2ccn[nH]2)N2CCOCC2)o1. The van der Waals surface area contributed by atoms with Crippen molar-refractivity contribution in [3.8, 4) is 0 Å². The molecular weight excluding hydrogens is 268 g/mol. The molecule has 2 N–H and O–H groups in total. The van der Waals surface area contributed by atoms with Crippen LogP contribution in [0.2, 0.25) is 0 Å². The minimum atomic E-state index is 0.241. The average molecular weight is 290 g/mol. The van der Waals surface area contributed by atoms with Crippen LogP contribution in [0, 0.1) is 6.92 Å². The van der Waals surface area contributed by atoms with E-state index in [1.807, 2.05) is 19.1 Å². The van der Waals surface area contributed by atoms with Crippen LogP contribution in [0.5, 0.6) is 0 Å². The van der Waals surface area contributed by atoms with Crippen molar-refractivity contribution in [1.29, 1.82) is 0 Å². The molecule has 0 aromatic carbocycles. The van der Waals surface area contributed by atoms with Gasteiger partial charge in [0, 0.05) is 38.1 Å². The second kappa shape index (κ2) is 6.89. The number of nitrogens with zero attached hydrogens (tertiary/aromatic N) is 2. The van der Waals surface area contributed by atoms with Gasteiger partial charge >= 0.3 is 0 Å². The summed E-state index contributed by atoms with van der Waals surface area (Å²) in [5.74, 6) is 1.98. The maximum Gasteiger partial charge on any atom is 0.122 e. The average Bonchev–Trinajstić information content (AvgIpc) is 3.16. The largest absolute Gasteiger partial charge is 0.465 e.